The molecule has 1 aromatic carbocycles. The van der Waals surface area contributed by atoms with Gasteiger partial charge in [-0.05, 0) is 80.4 Å². The Morgan fingerprint density at radius 1 is 1.31 bits per heavy atom. The summed E-state index contributed by atoms with van der Waals surface area (Å²) in [6.45, 7) is 10.4. The van der Waals surface area contributed by atoms with Crippen molar-refractivity contribution in [3.05, 3.63) is 39.9 Å². The summed E-state index contributed by atoms with van der Waals surface area (Å²) < 4.78 is 5.25. The van der Waals surface area contributed by atoms with E-state index in [1.165, 1.54) is 22.3 Å². The van der Waals surface area contributed by atoms with Crippen LogP contribution in [-0.4, -0.2) is 41.6 Å². The van der Waals surface area contributed by atoms with E-state index in [9.17, 15) is 9.59 Å². The maximum absolute atomic E-state index is 13.0. The molecule has 1 N–H and O–H groups in total. The van der Waals surface area contributed by atoms with Crippen molar-refractivity contribution in [2.24, 2.45) is 5.92 Å². The van der Waals surface area contributed by atoms with Gasteiger partial charge < -0.3 is 15.0 Å². The first kappa shape index (κ1) is 21.7. The highest BCUT2D eigenvalue weighted by Gasteiger charge is 2.37. The van der Waals surface area contributed by atoms with Gasteiger partial charge in [-0.15, -0.1) is 0 Å². The minimum Gasteiger partial charge on any atom is -0.444 e. The number of hydrogen-bond acceptors (Lipinski definition) is 3. The minimum absolute atomic E-state index is 0.0507. The molecule has 1 aromatic rings. The number of amides is 2. The van der Waals surface area contributed by atoms with Crippen LogP contribution in [0, 0.1) is 5.92 Å². The number of rotatable bonds is 4. The van der Waals surface area contributed by atoms with Crippen molar-refractivity contribution in [2.75, 3.05) is 13.1 Å². The molecule has 1 aliphatic carbocycles. The third-order valence-electron chi connectivity index (χ3n) is 5.34. The zero-order chi connectivity index (χ0) is 21.3. The molecule has 0 bridgehead atoms. The van der Waals surface area contributed by atoms with Gasteiger partial charge in [0.1, 0.15) is 12.1 Å². The molecule has 2 aliphatic rings. The second-order valence-electron chi connectivity index (χ2n) is 9.32. The Hall–Kier alpha value is -2.01. The molecule has 5 nitrogen and oxygen atoms in total. The molecule has 0 aromatic heterocycles. The summed E-state index contributed by atoms with van der Waals surface area (Å²) >= 11 is 6.23. The SMILES string of the molecule is CC(C)CC1C2=C(CCN1C(=O)CNC(=O)OC(C)(C)C)c1cc(Cl)ccc1C2. The zero-order valence-electron chi connectivity index (χ0n) is 18.0. The molecule has 1 heterocycles. The van der Waals surface area contributed by atoms with E-state index in [2.05, 4.69) is 25.2 Å². The molecule has 158 valence electrons. The van der Waals surface area contributed by atoms with E-state index in [4.69, 9.17) is 16.3 Å². The summed E-state index contributed by atoms with van der Waals surface area (Å²) in [5.41, 5.74) is 4.61. The summed E-state index contributed by atoms with van der Waals surface area (Å²) in [5, 5.41) is 3.36. The molecule has 0 spiro atoms. The number of nitrogens with one attached hydrogen (secondary N) is 1. The lowest BCUT2D eigenvalue weighted by Crippen LogP contribution is -2.49. The third-order valence-corrected chi connectivity index (χ3v) is 5.58. The molecule has 0 saturated carbocycles. The van der Waals surface area contributed by atoms with Gasteiger partial charge in [0.25, 0.3) is 0 Å². The van der Waals surface area contributed by atoms with Crippen molar-refractivity contribution >= 4 is 29.2 Å². The number of hydrogen-bond donors (Lipinski definition) is 1. The first-order chi connectivity index (χ1) is 13.5. The van der Waals surface area contributed by atoms with Crippen molar-refractivity contribution < 1.29 is 14.3 Å². The fraction of sp³-hybridized carbons (Fsp3) is 0.565. The van der Waals surface area contributed by atoms with E-state index >= 15 is 0 Å². The lowest BCUT2D eigenvalue weighted by atomic mass is 9.87. The van der Waals surface area contributed by atoms with Crippen LogP contribution in [0.15, 0.2) is 23.8 Å². The maximum atomic E-state index is 13.0. The zero-order valence-corrected chi connectivity index (χ0v) is 18.7. The molecule has 6 heteroatoms. The van der Waals surface area contributed by atoms with Crippen molar-refractivity contribution in [1.29, 1.82) is 0 Å². The van der Waals surface area contributed by atoms with Crippen LogP contribution in [0.2, 0.25) is 5.02 Å². The molecule has 0 saturated heterocycles. The van der Waals surface area contributed by atoms with Crippen LogP contribution in [-0.2, 0) is 16.0 Å². The van der Waals surface area contributed by atoms with Gasteiger partial charge in [0.05, 0.1) is 6.04 Å². The van der Waals surface area contributed by atoms with Crippen LogP contribution in [0.1, 0.15) is 58.6 Å². The summed E-state index contributed by atoms with van der Waals surface area (Å²) in [6, 6.07) is 6.13. The molecular formula is C23H31ClN2O3. The Labute approximate surface area is 178 Å². The number of benzene rings is 1. The number of ether oxygens (including phenoxy) is 1. The number of nitrogens with zero attached hydrogens (tertiary/aromatic N) is 1. The fourth-order valence-corrected chi connectivity index (χ4v) is 4.41. The van der Waals surface area contributed by atoms with Gasteiger partial charge in [-0.25, -0.2) is 4.79 Å². The molecule has 0 fully saturated rings. The second-order valence-corrected chi connectivity index (χ2v) is 9.76. The number of alkyl carbamates (subject to hydrolysis) is 1. The van der Waals surface area contributed by atoms with Gasteiger partial charge in [0, 0.05) is 11.6 Å². The first-order valence-electron chi connectivity index (χ1n) is 10.3. The highest BCUT2D eigenvalue weighted by Crippen LogP contribution is 2.43. The van der Waals surface area contributed by atoms with Gasteiger partial charge in [0.15, 0.2) is 0 Å². The van der Waals surface area contributed by atoms with Crippen molar-refractivity contribution in [2.45, 2.75) is 65.5 Å². The van der Waals surface area contributed by atoms with E-state index in [0.29, 0.717) is 12.5 Å². The first-order valence-corrected chi connectivity index (χ1v) is 10.7. The Bertz CT molecular complexity index is 839. The van der Waals surface area contributed by atoms with Crippen LogP contribution in [0.25, 0.3) is 5.57 Å². The topological polar surface area (TPSA) is 58.6 Å². The maximum Gasteiger partial charge on any atom is 0.408 e. The van der Waals surface area contributed by atoms with Gasteiger partial charge >= 0.3 is 6.09 Å². The summed E-state index contributed by atoms with van der Waals surface area (Å²) in [7, 11) is 0. The summed E-state index contributed by atoms with van der Waals surface area (Å²) in [5.74, 6) is 0.385. The normalized spacial score (nSPS) is 18.6. The van der Waals surface area contributed by atoms with Gasteiger partial charge in [-0.2, -0.15) is 0 Å². The number of carbonyl (C=O) groups is 2. The van der Waals surface area contributed by atoms with Gasteiger partial charge in [-0.1, -0.05) is 31.5 Å². The van der Waals surface area contributed by atoms with E-state index in [1.54, 1.807) is 20.8 Å². The average molecular weight is 419 g/mol. The molecular weight excluding hydrogens is 388 g/mol. The predicted molar refractivity (Wildman–Crippen MR) is 116 cm³/mol. The smallest absolute Gasteiger partial charge is 0.408 e. The van der Waals surface area contributed by atoms with E-state index < -0.39 is 11.7 Å². The number of carbonyl (C=O) groups excluding carboxylic acids is 2. The van der Waals surface area contributed by atoms with Crippen LogP contribution in [0.3, 0.4) is 0 Å². The van der Waals surface area contributed by atoms with E-state index in [0.717, 1.165) is 24.3 Å². The predicted octanol–water partition coefficient (Wildman–Crippen LogP) is 4.82. The number of fused-ring (bicyclic) bond motifs is 2. The molecule has 1 unspecified atom stereocenters. The van der Waals surface area contributed by atoms with Crippen LogP contribution in [0.5, 0.6) is 0 Å². The number of halogens is 1. The summed E-state index contributed by atoms with van der Waals surface area (Å²) in [4.78, 5) is 26.9. The minimum atomic E-state index is -0.588. The Morgan fingerprint density at radius 3 is 2.69 bits per heavy atom. The monoisotopic (exact) mass is 418 g/mol. The van der Waals surface area contributed by atoms with Crippen LogP contribution in [0.4, 0.5) is 4.79 Å². The van der Waals surface area contributed by atoms with E-state index in [1.807, 2.05) is 17.0 Å². The largest absolute Gasteiger partial charge is 0.444 e. The summed E-state index contributed by atoms with van der Waals surface area (Å²) in [6.07, 6.45) is 2.02. The highest BCUT2D eigenvalue weighted by atomic mass is 35.5. The van der Waals surface area contributed by atoms with Crippen LogP contribution >= 0.6 is 11.6 Å². The highest BCUT2D eigenvalue weighted by molar-refractivity contribution is 6.30. The molecule has 0 radical (unpaired) electrons. The van der Waals surface area contributed by atoms with Crippen molar-refractivity contribution in [1.82, 2.24) is 10.2 Å². The van der Waals surface area contributed by atoms with Crippen LogP contribution < -0.4 is 5.32 Å². The molecule has 1 aliphatic heterocycles. The molecule has 3 rings (SSSR count). The lowest BCUT2D eigenvalue weighted by molar-refractivity contribution is -0.132. The molecule has 1 atom stereocenters. The van der Waals surface area contributed by atoms with Crippen molar-refractivity contribution in [3.8, 4) is 0 Å². The molecule has 2 amide bonds. The quantitative estimate of drug-likeness (QED) is 0.762. The lowest BCUT2D eigenvalue weighted by Gasteiger charge is -2.38. The third kappa shape index (κ3) is 5.13. The second kappa shape index (κ2) is 8.39. The molecule has 29 heavy (non-hydrogen) atoms. The fourth-order valence-electron chi connectivity index (χ4n) is 4.24. The van der Waals surface area contributed by atoms with Gasteiger partial charge in [0.2, 0.25) is 5.91 Å². The Balaban J connectivity index is 1.76. The Kier molecular flexibility index (Phi) is 6.27. The van der Waals surface area contributed by atoms with E-state index in [-0.39, 0.29) is 18.5 Å². The van der Waals surface area contributed by atoms with Crippen molar-refractivity contribution in [3.63, 3.8) is 0 Å². The van der Waals surface area contributed by atoms with Gasteiger partial charge in [-0.3, -0.25) is 4.79 Å². The average Bonchev–Trinajstić information content (AvgIpc) is 2.96. The Morgan fingerprint density at radius 2 is 2.03 bits per heavy atom. The standard InChI is InChI=1S/C23H31ClN2O3/c1-14(2)10-20-19-11-15-6-7-16(24)12-18(15)17(19)8-9-26(20)21(27)13-25-22(28)29-23(3,4)5/h6-7,12,14,20H,8-11,13H2,1-5H3,(H,25,28).